The Balaban J connectivity index is 1.70. The largest absolute Gasteiger partial charge is 0.479 e. The lowest BCUT2D eigenvalue weighted by Gasteiger charge is -2.14. The van der Waals surface area contributed by atoms with E-state index in [0.717, 1.165) is 20.8 Å². The van der Waals surface area contributed by atoms with E-state index in [1.807, 2.05) is 61.5 Å². The predicted molar refractivity (Wildman–Crippen MR) is 98.6 cm³/mol. The van der Waals surface area contributed by atoms with Crippen molar-refractivity contribution < 1.29 is 14.3 Å². The topological polar surface area (TPSA) is 35.5 Å². The molecule has 0 aliphatic rings. The number of hydrogen-bond acceptors (Lipinski definition) is 3. The van der Waals surface area contributed by atoms with Crippen LogP contribution < -0.4 is 9.47 Å². The summed E-state index contributed by atoms with van der Waals surface area (Å²) in [5, 5.41) is 2.09. The lowest BCUT2D eigenvalue weighted by molar-refractivity contribution is -0.141. The SMILES string of the molecule is Cc1cccc(O[C@@H](C)C(=O)Oc2ccc3cc(Br)ccc3c2)c1. The maximum Gasteiger partial charge on any atom is 0.352 e. The van der Waals surface area contributed by atoms with E-state index >= 15 is 0 Å². The third kappa shape index (κ3) is 3.95. The summed E-state index contributed by atoms with van der Waals surface area (Å²) in [5.41, 5.74) is 1.08. The summed E-state index contributed by atoms with van der Waals surface area (Å²) in [7, 11) is 0. The normalized spacial score (nSPS) is 12.0. The van der Waals surface area contributed by atoms with Crippen LogP contribution in [-0.2, 0) is 4.79 Å². The molecule has 0 aromatic heterocycles. The molecule has 3 rings (SSSR count). The van der Waals surface area contributed by atoms with Gasteiger partial charge in [0.2, 0.25) is 0 Å². The molecule has 122 valence electrons. The van der Waals surface area contributed by atoms with Gasteiger partial charge in [-0.1, -0.05) is 40.2 Å². The van der Waals surface area contributed by atoms with E-state index in [0.29, 0.717) is 11.5 Å². The second-order valence-electron chi connectivity index (χ2n) is 5.65. The maximum atomic E-state index is 12.2. The first-order valence-electron chi connectivity index (χ1n) is 7.65. The molecule has 0 aliphatic heterocycles. The highest BCUT2D eigenvalue weighted by Crippen LogP contribution is 2.24. The Kier molecular flexibility index (Phi) is 4.86. The number of rotatable bonds is 4. The number of ether oxygens (including phenoxy) is 2. The number of aryl methyl sites for hydroxylation is 1. The third-order valence-corrected chi connectivity index (χ3v) is 4.12. The van der Waals surface area contributed by atoms with Crippen LogP contribution in [0.4, 0.5) is 0 Å². The van der Waals surface area contributed by atoms with Crippen molar-refractivity contribution in [1.29, 1.82) is 0 Å². The van der Waals surface area contributed by atoms with E-state index in [9.17, 15) is 4.79 Å². The zero-order valence-electron chi connectivity index (χ0n) is 13.5. The highest BCUT2D eigenvalue weighted by Gasteiger charge is 2.17. The van der Waals surface area contributed by atoms with Gasteiger partial charge in [0.1, 0.15) is 11.5 Å². The fourth-order valence-corrected chi connectivity index (χ4v) is 2.78. The standard InChI is InChI=1S/C20H17BrO3/c1-13-4-3-5-18(10-13)23-14(2)20(22)24-19-9-7-15-11-17(21)8-6-16(15)12-19/h3-12,14H,1-2H3/t14-/m0/s1. The van der Waals surface area contributed by atoms with Gasteiger partial charge in [-0.2, -0.15) is 0 Å². The first-order chi connectivity index (χ1) is 11.5. The summed E-state index contributed by atoms with van der Waals surface area (Å²) in [4.78, 5) is 12.2. The van der Waals surface area contributed by atoms with Gasteiger partial charge in [0, 0.05) is 4.47 Å². The number of fused-ring (bicyclic) bond motifs is 1. The number of carbonyl (C=O) groups is 1. The first kappa shape index (κ1) is 16.5. The Bertz CT molecular complexity index is 889. The Morgan fingerprint density at radius 1 is 0.958 bits per heavy atom. The molecular weight excluding hydrogens is 368 g/mol. The van der Waals surface area contributed by atoms with Crippen LogP contribution in [0.15, 0.2) is 65.1 Å². The zero-order valence-corrected chi connectivity index (χ0v) is 15.0. The van der Waals surface area contributed by atoms with Crippen LogP contribution in [0.3, 0.4) is 0 Å². The number of halogens is 1. The van der Waals surface area contributed by atoms with Gasteiger partial charge in [-0.15, -0.1) is 0 Å². The van der Waals surface area contributed by atoms with Crippen LogP contribution in [0.2, 0.25) is 0 Å². The zero-order chi connectivity index (χ0) is 17.1. The Morgan fingerprint density at radius 2 is 1.71 bits per heavy atom. The van der Waals surface area contributed by atoms with Crippen molar-refractivity contribution in [3.63, 3.8) is 0 Å². The first-order valence-corrected chi connectivity index (χ1v) is 8.45. The average Bonchev–Trinajstić information content (AvgIpc) is 2.55. The minimum atomic E-state index is -0.688. The molecule has 0 bridgehead atoms. The van der Waals surface area contributed by atoms with Crippen molar-refractivity contribution >= 4 is 32.7 Å². The summed E-state index contributed by atoms with van der Waals surface area (Å²) in [6, 6.07) is 19.1. The van der Waals surface area contributed by atoms with Crippen molar-refractivity contribution in [2.45, 2.75) is 20.0 Å². The van der Waals surface area contributed by atoms with Crippen molar-refractivity contribution in [2.24, 2.45) is 0 Å². The van der Waals surface area contributed by atoms with Gasteiger partial charge in [-0.3, -0.25) is 0 Å². The van der Waals surface area contributed by atoms with Crippen LogP contribution in [0.1, 0.15) is 12.5 Å². The van der Waals surface area contributed by atoms with Crippen LogP contribution in [0.5, 0.6) is 11.5 Å². The molecule has 0 fully saturated rings. The van der Waals surface area contributed by atoms with Gasteiger partial charge in [-0.05, 0) is 66.6 Å². The Labute approximate surface area is 149 Å². The van der Waals surface area contributed by atoms with Crippen molar-refractivity contribution in [1.82, 2.24) is 0 Å². The van der Waals surface area contributed by atoms with Gasteiger partial charge in [0.05, 0.1) is 0 Å². The lowest BCUT2D eigenvalue weighted by Crippen LogP contribution is -2.28. The van der Waals surface area contributed by atoms with E-state index in [1.165, 1.54) is 0 Å². The van der Waals surface area contributed by atoms with Gasteiger partial charge >= 0.3 is 5.97 Å². The number of hydrogen-bond donors (Lipinski definition) is 0. The van der Waals surface area contributed by atoms with Gasteiger partial charge in [-0.25, -0.2) is 4.79 Å². The molecule has 0 amide bonds. The minimum absolute atomic E-state index is 0.423. The maximum absolute atomic E-state index is 12.2. The molecule has 24 heavy (non-hydrogen) atoms. The second kappa shape index (κ2) is 7.05. The van der Waals surface area contributed by atoms with Crippen LogP contribution in [0, 0.1) is 6.92 Å². The third-order valence-electron chi connectivity index (χ3n) is 3.63. The van der Waals surface area contributed by atoms with E-state index in [-0.39, 0.29) is 0 Å². The predicted octanol–water partition coefficient (Wildman–Crippen LogP) is 5.28. The van der Waals surface area contributed by atoms with Crippen LogP contribution in [-0.4, -0.2) is 12.1 Å². The average molecular weight is 385 g/mol. The van der Waals surface area contributed by atoms with Gasteiger partial charge in [0.15, 0.2) is 6.10 Å². The molecule has 0 aliphatic carbocycles. The smallest absolute Gasteiger partial charge is 0.352 e. The molecule has 0 heterocycles. The molecule has 3 aromatic carbocycles. The van der Waals surface area contributed by atoms with Crippen LogP contribution >= 0.6 is 15.9 Å². The quantitative estimate of drug-likeness (QED) is 0.453. The van der Waals surface area contributed by atoms with E-state index in [4.69, 9.17) is 9.47 Å². The molecule has 0 saturated carbocycles. The fraction of sp³-hybridized carbons (Fsp3) is 0.150. The lowest BCUT2D eigenvalue weighted by atomic mass is 10.1. The molecule has 0 saturated heterocycles. The van der Waals surface area contributed by atoms with Crippen LogP contribution in [0.25, 0.3) is 10.8 Å². The molecule has 3 aromatic rings. The van der Waals surface area contributed by atoms with Crippen molar-refractivity contribution in [3.05, 3.63) is 70.7 Å². The van der Waals surface area contributed by atoms with Crippen molar-refractivity contribution in [3.8, 4) is 11.5 Å². The highest BCUT2D eigenvalue weighted by atomic mass is 79.9. The van der Waals surface area contributed by atoms with Crippen molar-refractivity contribution in [2.75, 3.05) is 0 Å². The summed E-state index contributed by atoms with van der Waals surface area (Å²) in [5.74, 6) is 0.741. The molecule has 4 heteroatoms. The molecule has 3 nitrogen and oxygen atoms in total. The van der Waals surface area contributed by atoms with E-state index in [1.54, 1.807) is 13.0 Å². The Hall–Kier alpha value is -2.33. The second-order valence-corrected chi connectivity index (χ2v) is 6.57. The summed E-state index contributed by atoms with van der Waals surface area (Å²) < 4.78 is 12.1. The van der Waals surface area contributed by atoms with E-state index < -0.39 is 12.1 Å². The fourth-order valence-electron chi connectivity index (χ4n) is 2.40. The molecule has 1 atom stereocenters. The molecule has 0 unspecified atom stereocenters. The van der Waals surface area contributed by atoms with Gasteiger partial charge < -0.3 is 9.47 Å². The summed E-state index contributed by atoms with van der Waals surface area (Å²) >= 11 is 3.44. The highest BCUT2D eigenvalue weighted by molar-refractivity contribution is 9.10. The monoisotopic (exact) mass is 384 g/mol. The summed E-state index contributed by atoms with van der Waals surface area (Å²) in [6.45, 7) is 3.66. The molecule has 0 spiro atoms. The van der Waals surface area contributed by atoms with Gasteiger partial charge in [0.25, 0.3) is 0 Å². The number of benzene rings is 3. The summed E-state index contributed by atoms with van der Waals surface area (Å²) in [6.07, 6.45) is -0.688. The number of carbonyl (C=O) groups excluding carboxylic acids is 1. The molecule has 0 N–H and O–H groups in total. The molecular formula is C20H17BrO3. The minimum Gasteiger partial charge on any atom is -0.479 e. The molecule has 0 radical (unpaired) electrons. The Morgan fingerprint density at radius 3 is 2.50 bits per heavy atom. The number of esters is 1. The van der Waals surface area contributed by atoms with E-state index in [2.05, 4.69) is 15.9 Å².